The number of hydrogen-bond acceptors (Lipinski definition) is 2. The van der Waals surface area contributed by atoms with Gasteiger partial charge in [-0.05, 0) is 44.6 Å². The Morgan fingerprint density at radius 1 is 1.39 bits per heavy atom. The summed E-state index contributed by atoms with van der Waals surface area (Å²) >= 11 is 3.49. The normalized spacial score (nSPS) is 18.6. The quantitative estimate of drug-likeness (QED) is 0.848. The fourth-order valence-corrected chi connectivity index (χ4v) is 3.04. The minimum Gasteiger partial charge on any atom is -0.307 e. The fraction of sp³-hybridized carbons (Fsp3) is 0.500. The van der Waals surface area contributed by atoms with Crippen molar-refractivity contribution in [2.75, 3.05) is 19.6 Å². The smallest absolute Gasteiger partial charge is 0.138 e. The summed E-state index contributed by atoms with van der Waals surface area (Å²) < 4.78 is 3.21. The number of aromatic nitrogens is 2. The maximum Gasteiger partial charge on any atom is 0.138 e. The van der Waals surface area contributed by atoms with E-state index in [1.165, 1.54) is 38.2 Å². The van der Waals surface area contributed by atoms with Crippen LogP contribution < -0.4 is 0 Å². The van der Waals surface area contributed by atoms with Crippen LogP contribution in [0, 0.1) is 0 Å². The number of piperidine rings is 1. The fourth-order valence-electron chi connectivity index (χ4n) is 2.72. The molecule has 0 amide bonds. The summed E-state index contributed by atoms with van der Waals surface area (Å²) in [6.07, 6.45) is 6.73. The molecule has 0 saturated carbocycles. The van der Waals surface area contributed by atoms with Gasteiger partial charge in [0.05, 0.1) is 5.69 Å². The van der Waals surface area contributed by atoms with Crippen LogP contribution in [0.1, 0.15) is 31.4 Å². The van der Waals surface area contributed by atoms with Gasteiger partial charge in [-0.15, -0.1) is 0 Å². The minimum absolute atomic E-state index is 0.631. The highest BCUT2D eigenvalue weighted by molar-refractivity contribution is 9.10. The van der Waals surface area contributed by atoms with Crippen molar-refractivity contribution in [1.29, 1.82) is 0 Å². The van der Waals surface area contributed by atoms with Crippen LogP contribution in [0.15, 0.2) is 29.0 Å². The Morgan fingerprint density at radius 3 is 2.89 bits per heavy atom. The molecule has 0 unspecified atom stereocenters. The molecule has 0 N–H and O–H groups in total. The molecule has 1 aliphatic rings. The van der Waals surface area contributed by atoms with Gasteiger partial charge in [0.25, 0.3) is 0 Å². The maximum atomic E-state index is 4.76. The highest BCUT2D eigenvalue weighted by atomic mass is 79.9. The number of imidazole rings is 1. The molecule has 3 nitrogen and oxygen atoms in total. The van der Waals surface area contributed by atoms with Gasteiger partial charge in [0, 0.05) is 22.8 Å². The van der Waals surface area contributed by atoms with E-state index in [0.29, 0.717) is 5.92 Å². The lowest BCUT2D eigenvalue weighted by atomic mass is 9.94. The van der Waals surface area contributed by atoms with Gasteiger partial charge in [-0.3, -0.25) is 0 Å². The lowest BCUT2D eigenvalue weighted by Gasteiger charge is -2.30. The first kappa shape index (κ1) is 12.2. The summed E-state index contributed by atoms with van der Waals surface area (Å²) in [4.78, 5) is 7.28. The van der Waals surface area contributed by atoms with Crippen LogP contribution in [0.25, 0.3) is 5.65 Å². The zero-order valence-corrected chi connectivity index (χ0v) is 12.2. The topological polar surface area (TPSA) is 20.5 Å². The van der Waals surface area contributed by atoms with Gasteiger partial charge < -0.3 is 9.30 Å². The van der Waals surface area contributed by atoms with Crippen LogP contribution in [0.5, 0.6) is 0 Å². The van der Waals surface area contributed by atoms with E-state index in [9.17, 15) is 0 Å². The van der Waals surface area contributed by atoms with Gasteiger partial charge in [0.15, 0.2) is 0 Å². The lowest BCUT2D eigenvalue weighted by Crippen LogP contribution is -2.32. The van der Waals surface area contributed by atoms with Crippen LogP contribution in [-0.2, 0) is 0 Å². The average molecular weight is 308 g/mol. The van der Waals surface area contributed by atoms with E-state index in [0.717, 1.165) is 10.1 Å². The predicted octanol–water partition coefficient (Wildman–Crippen LogP) is 3.30. The van der Waals surface area contributed by atoms with Gasteiger partial charge >= 0.3 is 0 Å². The molecule has 0 spiro atoms. The molecule has 0 bridgehead atoms. The molecular weight excluding hydrogens is 290 g/mol. The molecule has 1 saturated heterocycles. The Labute approximate surface area is 116 Å². The van der Waals surface area contributed by atoms with Crippen molar-refractivity contribution in [3.05, 3.63) is 34.7 Å². The highest BCUT2D eigenvalue weighted by Crippen LogP contribution is 2.27. The number of hydrogen-bond donors (Lipinski definition) is 0. The van der Waals surface area contributed by atoms with Crippen molar-refractivity contribution in [3.63, 3.8) is 0 Å². The van der Waals surface area contributed by atoms with Crippen LogP contribution >= 0.6 is 15.9 Å². The molecule has 0 aromatic carbocycles. The van der Waals surface area contributed by atoms with Crippen LogP contribution in [0.2, 0.25) is 0 Å². The zero-order chi connectivity index (χ0) is 12.5. The first-order chi connectivity index (χ1) is 8.76. The average Bonchev–Trinajstić information content (AvgIpc) is 2.81. The standard InChI is InChI=1S/C14H18BrN3/c1-2-17-6-3-11(4-7-17)13-10-18-8-5-12(15)9-14(18)16-13/h5,8-11H,2-4,6-7H2,1H3. The number of fused-ring (bicyclic) bond motifs is 1. The maximum absolute atomic E-state index is 4.76. The molecule has 0 atom stereocenters. The molecule has 1 aliphatic heterocycles. The monoisotopic (exact) mass is 307 g/mol. The molecule has 0 radical (unpaired) electrons. The minimum atomic E-state index is 0.631. The number of likely N-dealkylation sites (tertiary alicyclic amines) is 1. The number of halogens is 1. The summed E-state index contributed by atoms with van der Waals surface area (Å²) in [6, 6.07) is 4.13. The van der Waals surface area contributed by atoms with Gasteiger partial charge in [-0.2, -0.15) is 0 Å². The summed E-state index contributed by atoms with van der Waals surface area (Å²) in [5.41, 5.74) is 2.29. The second-order valence-electron chi connectivity index (χ2n) is 4.98. The number of pyridine rings is 1. The highest BCUT2D eigenvalue weighted by Gasteiger charge is 2.21. The van der Waals surface area contributed by atoms with E-state index < -0.39 is 0 Å². The molecule has 0 aliphatic carbocycles. The third kappa shape index (κ3) is 2.31. The van der Waals surface area contributed by atoms with Crippen molar-refractivity contribution in [2.24, 2.45) is 0 Å². The SMILES string of the molecule is CCN1CCC(c2cn3ccc(Br)cc3n2)CC1. The Kier molecular flexibility index (Phi) is 3.39. The Morgan fingerprint density at radius 2 is 2.17 bits per heavy atom. The van der Waals surface area contributed by atoms with Crippen LogP contribution in [0.4, 0.5) is 0 Å². The van der Waals surface area contributed by atoms with Crippen LogP contribution in [-0.4, -0.2) is 33.9 Å². The molecule has 4 heteroatoms. The van der Waals surface area contributed by atoms with Crippen molar-refractivity contribution < 1.29 is 0 Å². The Hall–Kier alpha value is -0.870. The lowest BCUT2D eigenvalue weighted by molar-refractivity contribution is 0.221. The van der Waals surface area contributed by atoms with E-state index in [4.69, 9.17) is 4.98 Å². The van der Waals surface area contributed by atoms with E-state index in [-0.39, 0.29) is 0 Å². The summed E-state index contributed by atoms with van der Waals surface area (Å²) in [7, 11) is 0. The first-order valence-corrected chi connectivity index (χ1v) is 7.42. The van der Waals surface area contributed by atoms with E-state index in [1.807, 2.05) is 0 Å². The first-order valence-electron chi connectivity index (χ1n) is 6.63. The second-order valence-corrected chi connectivity index (χ2v) is 5.90. The molecule has 3 heterocycles. The molecule has 1 fully saturated rings. The van der Waals surface area contributed by atoms with Gasteiger partial charge in [-0.25, -0.2) is 4.98 Å². The molecule has 2 aromatic rings. The molecular formula is C14H18BrN3. The summed E-state index contributed by atoms with van der Waals surface area (Å²) in [5, 5.41) is 0. The van der Waals surface area contributed by atoms with Gasteiger partial charge in [0.2, 0.25) is 0 Å². The summed E-state index contributed by atoms with van der Waals surface area (Å²) in [6.45, 7) is 5.82. The predicted molar refractivity (Wildman–Crippen MR) is 77.0 cm³/mol. The van der Waals surface area contributed by atoms with E-state index >= 15 is 0 Å². The van der Waals surface area contributed by atoms with E-state index in [1.54, 1.807) is 0 Å². The Balaban J connectivity index is 1.82. The largest absolute Gasteiger partial charge is 0.307 e. The third-order valence-corrected chi connectivity index (χ3v) is 4.39. The Bertz CT molecular complexity index is 541. The van der Waals surface area contributed by atoms with Crippen LogP contribution in [0.3, 0.4) is 0 Å². The van der Waals surface area contributed by atoms with Gasteiger partial charge in [0.1, 0.15) is 5.65 Å². The third-order valence-electron chi connectivity index (χ3n) is 3.89. The van der Waals surface area contributed by atoms with Gasteiger partial charge in [-0.1, -0.05) is 22.9 Å². The molecule has 2 aromatic heterocycles. The molecule has 18 heavy (non-hydrogen) atoms. The zero-order valence-electron chi connectivity index (χ0n) is 10.6. The van der Waals surface area contributed by atoms with Crippen molar-refractivity contribution in [2.45, 2.75) is 25.7 Å². The second kappa shape index (κ2) is 5.02. The summed E-state index contributed by atoms with van der Waals surface area (Å²) in [5.74, 6) is 0.631. The van der Waals surface area contributed by atoms with Crippen molar-refractivity contribution >= 4 is 21.6 Å². The van der Waals surface area contributed by atoms with E-state index in [2.05, 4.69) is 56.7 Å². The van der Waals surface area contributed by atoms with Crippen molar-refractivity contribution in [1.82, 2.24) is 14.3 Å². The number of nitrogens with zero attached hydrogens (tertiary/aromatic N) is 3. The number of rotatable bonds is 2. The van der Waals surface area contributed by atoms with Crippen molar-refractivity contribution in [3.8, 4) is 0 Å². The molecule has 96 valence electrons. The molecule has 3 rings (SSSR count).